The van der Waals surface area contributed by atoms with E-state index in [4.69, 9.17) is 19.1 Å². The number of carbonyl (C=O) groups is 1. The predicted octanol–water partition coefficient (Wildman–Crippen LogP) is 5.53. The molecule has 3 aromatic carbocycles. The zero-order valence-electron chi connectivity index (χ0n) is 20.5. The standard InChI is InChI=1S/C29H26N4O4/c1-3-36-25-15-11-21(12-16-25)28-22(19-33(31-28)23-7-5-4-6-8-23)18-30-29(34)26-17-27(37-32-26)20-9-13-24(35-2)14-10-20/h4-17,19H,3,18H2,1-2H3,(H,30,34). The topological polar surface area (TPSA) is 91.4 Å². The third-order valence-corrected chi connectivity index (χ3v) is 5.81. The molecule has 1 amide bonds. The molecular weight excluding hydrogens is 468 g/mol. The zero-order chi connectivity index (χ0) is 25.6. The highest BCUT2D eigenvalue weighted by atomic mass is 16.5. The number of rotatable bonds is 9. The van der Waals surface area contributed by atoms with Crippen LogP contribution in [0.5, 0.6) is 11.5 Å². The molecule has 0 saturated heterocycles. The van der Waals surface area contributed by atoms with Crippen LogP contribution in [0.3, 0.4) is 0 Å². The fourth-order valence-corrected chi connectivity index (χ4v) is 3.91. The molecule has 0 atom stereocenters. The second-order valence-corrected chi connectivity index (χ2v) is 8.23. The Morgan fingerprint density at radius 3 is 2.35 bits per heavy atom. The van der Waals surface area contributed by atoms with Gasteiger partial charge in [0.2, 0.25) is 0 Å². The number of nitrogens with one attached hydrogen (secondary N) is 1. The molecule has 0 aliphatic carbocycles. The number of amides is 1. The molecule has 1 N–H and O–H groups in total. The van der Waals surface area contributed by atoms with Crippen molar-refractivity contribution in [3.05, 3.63) is 102 Å². The summed E-state index contributed by atoms with van der Waals surface area (Å²) in [5.41, 5.74) is 4.48. The van der Waals surface area contributed by atoms with Gasteiger partial charge in [-0.1, -0.05) is 23.4 Å². The lowest BCUT2D eigenvalue weighted by Crippen LogP contribution is -2.23. The number of hydrogen-bond acceptors (Lipinski definition) is 6. The number of hydrogen-bond donors (Lipinski definition) is 1. The van der Waals surface area contributed by atoms with Gasteiger partial charge in [0.25, 0.3) is 5.91 Å². The zero-order valence-corrected chi connectivity index (χ0v) is 20.5. The minimum atomic E-state index is -0.339. The van der Waals surface area contributed by atoms with Crippen LogP contribution in [0.15, 0.2) is 95.6 Å². The van der Waals surface area contributed by atoms with Crippen molar-refractivity contribution in [3.8, 4) is 39.8 Å². The van der Waals surface area contributed by atoms with E-state index in [1.54, 1.807) is 13.2 Å². The average Bonchev–Trinajstić information content (AvgIpc) is 3.61. The second kappa shape index (κ2) is 10.8. The first kappa shape index (κ1) is 23.9. The van der Waals surface area contributed by atoms with Gasteiger partial charge in [-0.2, -0.15) is 5.10 Å². The molecule has 5 rings (SSSR count). The molecule has 5 aromatic rings. The summed E-state index contributed by atoms with van der Waals surface area (Å²) < 4.78 is 18.0. The van der Waals surface area contributed by atoms with Gasteiger partial charge >= 0.3 is 0 Å². The number of benzene rings is 3. The smallest absolute Gasteiger partial charge is 0.273 e. The maximum absolute atomic E-state index is 12.9. The van der Waals surface area contributed by atoms with Crippen LogP contribution < -0.4 is 14.8 Å². The molecule has 0 unspecified atom stereocenters. The van der Waals surface area contributed by atoms with E-state index >= 15 is 0 Å². The van der Waals surface area contributed by atoms with Crippen molar-refractivity contribution in [1.29, 1.82) is 0 Å². The van der Waals surface area contributed by atoms with Crippen LogP contribution in [0.2, 0.25) is 0 Å². The molecule has 2 heterocycles. The van der Waals surface area contributed by atoms with Crippen molar-refractivity contribution in [2.45, 2.75) is 13.5 Å². The third-order valence-electron chi connectivity index (χ3n) is 5.81. The second-order valence-electron chi connectivity index (χ2n) is 8.23. The molecular formula is C29H26N4O4. The summed E-state index contributed by atoms with van der Waals surface area (Å²) in [5.74, 6) is 1.69. The van der Waals surface area contributed by atoms with Crippen molar-refractivity contribution in [1.82, 2.24) is 20.3 Å². The van der Waals surface area contributed by atoms with Crippen molar-refractivity contribution in [2.75, 3.05) is 13.7 Å². The fraction of sp³-hybridized carbons (Fsp3) is 0.138. The Labute approximate surface area is 214 Å². The molecule has 8 nitrogen and oxygen atoms in total. The quantitative estimate of drug-likeness (QED) is 0.290. The summed E-state index contributed by atoms with van der Waals surface area (Å²) in [5, 5.41) is 11.7. The van der Waals surface area contributed by atoms with Gasteiger partial charge in [0.05, 0.1) is 25.1 Å². The van der Waals surface area contributed by atoms with Crippen LogP contribution in [0.25, 0.3) is 28.3 Å². The molecule has 0 radical (unpaired) electrons. The lowest BCUT2D eigenvalue weighted by Gasteiger charge is -2.06. The van der Waals surface area contributed by atoms with Crippen LogP contribution in [0, 0.1) is 0 Å². The van der Waals surface area contributed by atoms with Crippen LogP contribution in [0.1, 0.15) is 23.0 Å². The highest BCUT2D eigenvalue weighted by molar-refractivity contribution is 5.93. The molecule has 0 spiro atoms. The van der Waals surface area contributed by atoms with Crippen LogP contribution >= 0.6 is 0 Å². The fourth-order valence-electron chi connectivity index (χ4n) is 3.91. The molecule has 0 saturated carbocycles. The SMILES string of the molecule is CCOc1ccc(-c2nn(-c3ccccc3)cc2CNC(=O)c2cc(-c3ccc(OC)cc3)on2)cc1. The predicted molar refractivity (Wildman–Crippen MR) is 140 cm³/mol. The highest BCUT2D eigenvalue weighted by Crippen LogP contribution is 2.27. The van der Waals surface area contributed by atoms with Crippen molar-refractivity contribution in [2.24, 2.45) is 0 Å². The van der Waals surface area contributed by atoms with Crippen LogP contribution in [-0.2, 0) is 6.54 Å². The number of methoxy groups -OCH3 is 1. The van der Waals surface area contributed by atoms with Gasteiger partial charge < -0.3 is 19.3 Å². The van der Waals surface area contributed by atoms with E-state index < -0.39 is 0 Å². The molecule has 0 aliphatic heterocycles. The molecule has 2 aromatic heterocycles. The third kappa shape index (κ3) is 5.38. The molecule has 37 heavy (non-hydrogen) atoms. The average molecular weight is 495 g/mol. The minimum Gasteiger partial charge on any atom is -0.497 e. The Kier molecular flexibility index (Phi) is 6.98. The summed E-state index contributed by atoms with van der Waals surface area (Å²) in [4.78, 5) is 12.9. The number of carbonyl (C=O) groups excluding carboxylic acids is 1. The largest absolute Gasteiger partial charge is 0.497 e. The highest BCUT2D eigenvalue weighted by Gasteiger charge is 2.17. The Balaban J connectivity index is 1.36. The summed E-state index contributed by atoms with van der Waals surface area (Å²) in [6, 6.07) is 26.6. The Morgan fingerprint density at radius 1 is 0.946 bits per heavy atom. The molecule has 0 fully saturated rings. The monoisotopic (exact) mass is 494 g/mol. The molecule has 0 bridgehead atoms. The molecule has 0 aliphatic rings. The van der Waals surface area contributed by atoms with E-state index in [1.165, 1.54) is 0 Å². The van der Waals surface area contributed by atoms with Gasteiger partial charge in [-0.3, -0.25) is 4.79 Å². The molecule has 186 valence electrons. The minimum absolute atomic E-state index is 0.198. The molecule has 8 heteroatoms. The van der Waals surface area contributed by atoms with Crippen LogP contribution in [0.4, 0.5) is 0 Å². The first-order chi connectivity index (χ1) is 18.1. The Hall–Kier alpha value is -4.85. The van der Waals surface area contributed by atoms with E-state index in [0.717, 1.165) is 39.6 Å². The normalized spacial score (nSPS) is 10.8. The Bertz CT molecular complexity index is 1470. The van der Waals surface area contributed by atoms with E-state index in [9.17, 15) is 4.79 Å². The summed E-state index contributed by atoms with van der Waals surface area (Å²) >= 11 is 0. The number of nitrogens with zero attached hydrogens (tertiary/aromatic N) is 3. The van der Waals surface area contributed by atoms with E-state index in [-0.39, 0.29) is 18.1 Å². The van der Waals surface area contributed by atoms with Gasteiger partial charge in [0.1, 0.15) is 11.5 Å². The van der Waals surface area contributed by atoms with E-state index in [1.807, 2.05) is 96.7 Å². The van der Waals surface area contributed by atoms with Crippen molar-refractivity contribution >= 4 is 5.91 Å². The summed E-state index contributed by atoms with van der Waals surface area (Å²) in [6.45, 7) is 2.81. The van der Waals surface area contributed by atoms with Gasteiger partial charge in [0.15, 0.2) is 11.5 Å². The lowest BCUT2D eigenvalue weighted by atomic mass is 10.1. The summed E-state index contributed by atoms with van der Waals surface area (Å²) in [7, 11) is 1.61. The summed E-state index contributed by atoms with van der Waals surface area (Å²) in [6.07, 6.45) is 1.92. The van der Waals surface area contributed by atoms with Crippen molar-refractivity contribution in [3.63, 3.8) is 0 Å². The maximum atomic E-state index is 12.9. The number of ether oxygens (including phenoxy) is 2. The number of para-hydroxylation sites is 1. The van der Waals surface area contributed by atoms with Gasteiger partial charge in [-0.15, -0.1) is 0 Å². The van der Waals surface area contributed by atoms with Gasteiger partial charge in [0, 0.05) is 35.5 Å². The number of aromatic nitrogens is 3. The van der Waals surface area contributed by atoms with Crippen LogP contribution in [-0.4, -0.2) is 34.6 Å². The van der Waals surface area contributed by atoms with E-state index in [2.05, 4.69) is 10.5 Å². The maximum Gasteiger partial charge on any atom is 0.273 e. The van der Waals surface area contributed by atoms with E-state index in [0.29, 0.717) is 12.4 Å². The first-order valence-electron chi connectivity index (χ1n) is 11.9. The van der Waals surface area contributed by atoms with Gasteiger partial charge in [-0.25, -0.2) is 4.68 Å². The van der Waals surface area contributed by atoms with Crippen molar-refractivity contribution < 1.29 is 18.8 Å². The Morgan fingerprint density at radius 2 is 1.65 bits per heavy atom. The lowest BCUT2D eigenvalue weighted by molar-refractivity contribution is 0.0942. The first-order valence-corrected chi connectivity index (χ1v) is 11.9. The van der Waals surface area contributed by atoms with Gasteiger partial charge in [-0.05, 0) is 67.6 Å².